The first-order valence-electron chi connectivity index (χ1n) is 6.26. The molecule has 1 rings (SSSR count). The van der Waals surface area contributed by atoms with E-state index in [-0.39, 0.29) is 13.2 Å². The largest absolute Gasteiger partial charge is 0.416 e. The summed E-state index contributed by atoms with van der Waals surface area (Å²) in [7, 11) is -4.03. The number of nitrogens with one attached hydrogen (secondary N) is 1. The van der Waals surface area contributed by atoms with Gasteiger partial charge in [-0.15, -0.1) is 0 Å². The fraction of sp³-hybridized carbons (Fsp3) is 0.538. The molecule has 0 bridgehead atoms. The van der Waals surface area contributed by atoms with Crippen molar-refractivity contribution in [3.05, 3.63) is 29.8 Å². The van der Waals surface area contributed by atoms with Gasteiger partial charge in [0.05, 0.1) is 10.5 Å². The lowest BCUT2D eigenvalue weighted by molar-refractivity contribution is -0.137. The molecule has 0 fully saturated rings. The number of sulfonamides is 1. The number of rotatable bonds is 6. The molecule has 0 atom stereocenters. The minimum Gasteiger partial charge on any atom is -0.396 e. The molecule has 0 spiro atoms. The fourth-order valence-electron chi connectivity index (χ4n) is 1.60. The highest BCUT2D eigenvalue weighted by molar-refractivity contribution is 7.89. The minimum absolute atomic E-state index is 0.0200. The molecule has 0 heterocycles. The molecule has 0 aromatic heterocycles. The number of hydrogen-bond acceptors (Lipinski definition) is 3. The molecule has 4 nitrogen and oxygen atoms in total. The monoisotopic (exact) mass is 325 g/mol. The lowest BCUT2D eigenvalue weighted by Gasteiger charge is -2.23. The molecule has 1 aromatic rings. The first-order chi connectivity index (χ1) is 9.48. The number of benzene rings is 1. The van der Waals surface area contributed by atoms with Crippen molar-refractivity contribution in [1.29, 1.82) is 0 Å². The van der Waals surface area contributed by atoms with E-state index < -0.39 is 32.1 Å². The summed E-state index contributed by atoms with van der Waals surface area (Å²) in [6.07, 6.45) is -4.22. The van der Waals surface area contributed by atoms with Crippen molar-refractivity contribution in [2.24, 2.45) is 5.41 Å². The Morgan fingerprint density at radius 1 is 1.24 bits per heavy atom. The van der Waals surface area contributed by atoms with E-state index in [0.29, 0.717) is 12.5 Å². The minimum atomic E-state index is -4.60. The van der Waals surface area contributed by atoms with Gasteiger partial charge >= 0.3 is 6.18 Å². The Bertz CT molecular complexity index is 583. The number of aliphatic hydroxyl groups excluding tert-OH is 1. The molecule has 0 aliphatic carbocycles. The summed E-state index contributed by atoms with van der Waals surface area (Å²) in [5, 5.41) is 8.87. The van der Waals surface area contributed by atoms with Gasteiger partial charge in [-0.25, -0.2) is 13.1 Å². The summed E-state index contributed by atoms with van der Waals surface area (Å²) in [6, 6.07) is 3.57. The highest BCUT2D eigenvalue weighted by Crippen LogP contribution is 2.30. The van der Waals surface area contributed by atoms with E-state index in [9.17, 15) is 21.6 Å². The van der Waals surface area contributed by atoms with Crippen molar-refractivity contribution in [1.82, 2.24) is 4.72 Å². The van der Waals surface area contributed by atoms with Crippen LogP contribution >= 0.6 is 0 Å². The van der Waals surface area contributed by atoms with Gasteiger partial charge < -0.3 is 5.11 Å². The second kappa shape index (κ2) is 6.33. The van der Waals surface area contributed by atoms with E-state index in [1.165, 1.54) is 0 Å². The maximum Gasteiger partial charge on any atom is 0.416 e. The maximum absolute atomic E-state index is 12.6. The van der Waals surface area contributed by atoms with Crippen LogP contribution in [0.15, 0.2) is 29.2 Å². The summed E-state index contributed by atoms with van der Waals surface area (Å²) < 4.78 is 64.1. The van der Waals surface area contributed by atoms with Crippen molar-refractivity contribution in [2.75, 3.05) is 13.2 Å². The van der Waals surface area contributed by atoms with Crippen LogP contribution < -0.4 is 4.72 Å². The molecule has 0 radical (unpaired) electrons. The van der Waals surface area contributed by atoms with Crippen LogP contribution in [0.3, 0.4) is 0 Å². The summed E-state index contributed by atoms with van der Waals surface area (Å²) in [5.74, 6) is 0. The van der Waals surface area contributed by atoms with Crippen LogP contribution in [-0.2, 0) is 16.2 Å². The van der Waals surface area contributed by atoms with Gasteiger partial charge in [0, 0.05) is 13.2 Å². The molecule has 0 saturated heterocycles. The van der Waals surface area contributed by atoms with Crippen molar-refractivity contribution in [3.63, 3.8) is 0 Å². The third-order valence-electron chi connectivity index (χ3n) is 3.00. The van der Waals surface area contributed by atoms with Gasteiger partial charge in [0.15, 0.2) is 0 Å². The van der Waals surface area contributed by atoms with Crippen LogP contribution in [0.5, 0.6) is 0 Å². The molecule has 21 heavy (non-hydrogen) atoms. The van der Waals surface area contributed by atoms with Crippen molar-refractivity contribution in [3.8, 4) is 0 Å². The molecule has 0 aliphatic heterocycles. The normalized spacial score (nSPS) is 13.4. The number of hydrogen-bond donors (Lipinski definition) is 2. The highest BCUT2D eigenvalue weighted by Gasteiger charge is 2.32. The Kier molecular flexibility index (Phi) is 5.40. The van der Waals surface area contributed by atoms with Crippen LogP contribution in [-0.4, -0.2) is 26.7 Å². The lowest BCUT2D eigenvalue weighted by atomic mass is 9.90. The van der Waals surface area contributed by atoms with Gasteiger partial charge in [0.25, 0.3) is 0 Å². The highest BCUT2D eigenvalue weighted by atomic mass is 32.2. The topological polar surface area (TPSA) is 66.4 Å². The summed E-state index contributed by atoms with van der Waals surface area (Å²) in [5.41, 5.74) is -1.51. The number of alkyl halides is 3. The summed E-state index contributed by atoms with van der Waals surface area (Å²) in [4.78, 5) is -0.433. The van der Waals surface area contributed by atoms with Gasteiger partial charge in [-0.1, -0.05) is 19.9 Å². The predicted octanol–water partition coefficient (Wildman–Crippen LogP) is 2.39. The molecular weight excluding hydrogens is 307 g/mol. The van der Waals surface area contributed by atoms with E-state index in [2.05, 4.69) is 4.72 Å². The second-order valence-corrected chi connectivity index (χ2v) is 7.25. The zero-order valence-electron chi connectivity index (χ0n) is 11.7. The third kappa shape index (κ3) is 5.29. The maximum atomic E-state index is 12.6. The van der Waals surface area contributed by atoms with Crippen LogP contribution in [0, 0.1) is 5.41 Å². The SMILES string of the molecule is CC(C)(CCO)CNS(=O)(=O)c1cccc(C(F)(F)F)c1. The zero-order valence-corrected chi connectivity index (χ0v) is 12.6. The van der Waals surface area contributed by atoms with E-state index >= 15 is 0 Å². The Morgan fingerprint density at radius 3 is 2.38 bits per heavy atom. The third-order valence-corrected chi connectivity index (χ3v) is 4.40. The average Bonchev–Trinajstić information content (AvgIpc) is 2.36. The number of aliphatic hydroxyl groups is 1. The molecule has 2 N–H and O–H groups in total. The first-order valence-corrected chi connectivity index (χ1v) is 7.74. The van der Waals surface area contributed by atoms with Crippen molar-refractivity contribution >= 4 is 10.0 Å². The number of halogens is 3. The quantitative estimate of drug-likeness (QED) is 0.844. The smallest absolute Gasteiger partial charge is 0.396 e. The molecule has 0 amide bonds. The van der Waals surface area contributed by atoms with Crippen LogP contribution in [0.25, 0.3) is 0 Å². The average molecular weight is 325 g/mol. The molecule has 0 aliphatic rings. The fourth-order valence-corrected chi connectivity index (χ4v) is 2.89. The van der Waals surface area contributed by atoms with E-state index in [4.69, 9.17) is 5.11 Å². The van der Waals surface area contributed by atoms with Gasteiger partial charge in [0.1, 0.15) is 0 Å². The van der Waals surface area contributed by atoms with Crippen LogP contribution in [0.2, 0.25) is 0 Å². The van der Waals surface area contributed by atoms with Crippen molar-refractivity contribution < 1.29 is 26.7 Å². The Labute approximate surface area is 122 Å². The summed E-state index contributed by atoms with van der Waals surface area (Å²) in [6.45, 7) is 3.42. The first kappa shape index (κ1) is 17.9. The Hall–Kier alpha value is -1.12. The van der Waals surface area contributed by atoms with E-state index in [1.807, 2.05) is 0 Å². The predicted molar refractivity (Wildman–Crippen MR) is 72.1 cm³/mol. The molecule has 0 saturated carbocycles. The molecular formula is C13H18F3NO3S. The summed E-state index contributed by atoms with van der Waals surface area (Å²) >= 11 is 0. The molecule has 1 aromatic carbocycles. The van der Waals surface area contributed by atoms with Crippen LogP contribution in [0.4, 0.5) is 13.2 Å². The zero-order chi connectivity index (χ0) is 16.3. The van der Waals surface area contributed by atoms with Crippen LogP contribution in [0.1, 0.15) is 25.8 Å². The van der Waals surface area contributed by atoms with Gasteiger partial charge in [-0.2, -0.15) is 13.2 Å². The lowest BCUT2D eigenvalue weighted by Crippen LogP contribution is -2.34. The van der Waals surface area contributed by atoms with Gasteiger partial charge in [0.2, 0.25) is 10.0 Å². The molecule has 8 heteroatoms. The second-order valence-electron chi connectivity index (χ2n) is 5.49. The van der Waals surface area contributed by atoms with Gasteiger partial charge in [-0.05, 0) is 30.0 Å². The Balaban J connectivity index is 2.94. The van der Waals surface area contributed by atoms with E-state index in [1.54, 1.807) is 13.8 Å². The van der Waals surface area contributed by atoms with E-state index in [0.717, 1.165) is 18.2 Å². The molecule has 120 valence electrons. The molecule has 0 unspecified atom stereocenters. The Morgan fingerprint density at radius 2 is 1.86 bits per heavy atom. The van der Waals surface area contributed by atoms with Crippen molar-refractivity contribution in [2.45, 2.75) is 31.3 Å². The van der Waals surface area contributed by atoms with Gasteiger partial charge in [-0.3, -0.25) is 0 Å². The standard InChI is InChI=1S/C13H18F3NO3S/c1-12(2,6-7-18)9-17-21(19,20)11-5-3-4-10(8-11)13(14,15)16/h3-5,8,17-18H,6-7,9H2,1-2H3.